The molecule has 0 aromatic heterocycles. The zero-order valence-electron chi connectivity index (χ0n) is 13.8. The van der Waals surface area contributed by atoms with Gasteiger partial charge in [-0.3, -0.25) is 4.55 Å². The lowest BCUT2D eigenvalue weighted by molar-refractivity contribution is 0.483. The monoisotopic (exact) mass is 367 g/mol. The van der Waals surface area contributed by atoms with Crippen LogP contribution in [0, 0.1) is 0 Å². The number of hydrogen-bond donors (Lipinski definition) is 2. The van der Waals surface area contributed by atoms with Crippen molar-refractivity contribution in [3.63, 3.8) is 0 Å². The smallest absolute Gasteiger partial charge is 0.294 e. The summed E-state index contributed by atoms with van der Waals surface area (Å²) < 4.78 is 30.9. The second-order valence-corrected chi connectivity index (χ2v) is 6.98. The lowest BCUT2D eigenvalue weighted by atomic mass is 10.2. The van der Waals surface area contributed by atoms with Crippen LogP contribution in [0.25, 0.3) is 0 Å². The van der Waals surface area contributed by atoms with Crippen molar-refractivity contribution in [1.82, 2.24) is 0 Å². The topological polar surface area (TPSA) is 91.1 Å². The van der Waals surface area contributed by atoms with Crippen molar-refractivity contribution in [3.05, 3.63) is 84.4 Å². The van der Waals surface area contributed by atoms with Crippen LogP contribution in [-0.2, 0) is 16.7 Å². The van der Waals surface area contributed by atoms with E-state index in [4.69, 9.17) is 4.55 Å². The number of rotatable bonds is 6. The van der Waals surface area contributed by atoms with Gasteiger partial charge in [0.1, 0.15) is 0 Å². The Labute approximate surface area is 152 Å². The van der Waals surface area contributed by atoms with Gasteiger partial charge in [-0.2, -0.15) is 18.6 Å². The summed E-state index contributed by atoms with van der Waals surface area (Å²) in [5.41, 5.74) is 3.34. The molecule has 0 spiro atoms. The van der Waals surface area contributed by atoms with Gasteiger partial charge in [-0.05, 0) is 54.1 Å². The first-order valence-corrected chi connectivity index (χ1v) is 9.32. The highest BCUT2D eigenvalue weighted by Gasteiger charge is 2.07. The Morgan fingerprint density at radius 3 is 1.85 bits per heavy atom. The van der Waals surface area contributed by atoms with Crippen molar-refractivity contribution >= 4 is 27.2 Å². The molecule has 0 heterocycles. The van der Waals surface area contributed by atoms with Gasteiger partial charge >= 0.3 is 0 Å². The Hall–Kier alpha value is -3.03. The fraction of sp³-hybridized carbons (Fsp3) is 0.0526. The number of anilines is 1. The first-order valence-electron chi connectivity index (χ1n) is 7.88. The molecule has 3 aromatic carbocycles. The molecule has 0 unspecified atom stereocenters. The van der Waals surface area contributed by atoms with E-state index in [0.717, 1.165) is 12.2 Å². The second-order valence-electron chi connectivity index (χ2n) is 5.55. The molecule has 3 rings (SSSR count). The van der Waals surface area contributed by atoms with E-state index < -0.39 is 10.1 Å². The highest BCUT2D eigenvalue weighted by molar-refractivity contribution is 7.85. The van der Waals surface area contributed by atoms with Crippen molar-refractivity contribution in [2.45, 2.75) is 11.4 Å². The summed E-state index contributed by atoms with van der Waals surface area (Å²) in [5.74, 6) is 0. The van der Waals surface area contributed by atoms with E-state index >= 15 is 0 Å². The molecule has 0 fully saturated rings. The van der Waals surface area contributed by atoms with E-state index in [1.165, 1.54) is 29.8 Å². The predicted octanol–water partition coefficient (Wildman–Crippen LogP) is 4.96. The number of nitrogens with one attached hydrogen (secondary N) is 1. The lowest BCUT2D eigenvalue weighted by Crippen LogP contribution is -1.98. The fourth-order valence-corrected chi connectivity index (χ4v) is 2.73. The molecule has 0 aliphatic carbocycles. The summed E-state index contributed by atoms with van der Waals surface area (Å²) in [6.45, 7) is 0.738. The van der Waals surface area contributed by atoms with E-state index in [2.05, 4.69) is 27.7 Å². The Balaban J connectivity index is 1.61. The van der Waals surface area contributed by atoms with Crippen molar-refractivity contribution in [2.24, 2.45) is 10.2 Å². The highest BCUT2D eigenvalue weighted by Crippen LogP contribution is 2.22. The zero-order valence-corrected chi connectivity index (χ0v) is 14.6. The highest BCUT2D eigenvalue weighted by atomic mass is 32.2. The summed E-state index contributed by atoms with van der Waals surface area (Å²) in [6, 6.07) is 23.1. The molecule has 6 nitrogen and oxygen atoms in total. The Morgan fingerprint density at radius 1 is 0.769 bits per heavy atom. The fourth-order valence-electron chi connectivity index (χ4n) is 2.25. The SMILES string of the molecule is O=S(=O)(O)c1ccc(N=Nc2ccc(NCc3ccccc3)cc2)cc1. The van der Waals surface area contributed by atoms with Gasteiger partial charge in [0.15, 0.2) is 0 Å². The summed E-state index contributed by atoms with van der Waals surface area (Å²) in [5, 5.41) is 11.5. The quantitative estimate of drug-likeness (QED) is 0.476. The first-order chi connectivity index (χ1) is 12.5. The average Bonchev–Trinajstić information content (AvgIpc) is 2.66. The van der Waals surface area contributed by atoms with E-state index in [1.54, 1.807) is 0 Å². The average molecular weight is 367 g/mol. The molecular weight excluding hydrogens is 350 g/mol. The van der Waals surface area contributed by atoms with Crippen LogP contribution in [0.4, 0.5) is 17.1 Å². The summed E-state index contributed by atoms with van der Waals surface area (Å²) >= 11 is 0. The third kappa shape index (κ3) is 4.98. The van der Waals surface area contributed by atoms with Crippen LogP contribution in [0.15, 0.2) is 94.0 Å². The van der Waals surface area contributed by atoms with Crippen LogP contribution in [-0.4, -0.2) is 13.0 Å². The summed E-state index contributed by atoms with van der Waals surface area (Å²) in [4.78, 5) is -0.176. The normalized spacial score (nSPS) is 11.6. The van der Waals surface area contributed by atoms with Crippen molar-refractivity contribution < 1.29 is 13.0 Å². The molecule has 26 heavy (non-hydrogen) atoms. The maximum absolute atomic E-state index is 11.0. The van der Waals surface area contributed by atoms with Gasteiger partial charge in [0.25, 0.3) is 10.1 Å². The molecule has 3 aromatic rings. The van der Waals surface area contributed by atoms with Gasteiger partial charge in [-0.25, -0.2) is 0 Å². The third-order valence-electron chi connectivity index (χ3n) is 3.62. The van der Waals surface area contributed by atoms with Crippen LogP contribution in [0.2, 0.25) is 0 Å². The van der Waals surface area contributed by atoms with Gasteiger partial charge in [0.2, 0.25) is 0 Å². The third-order valence-corrected chi connectivity index (χ3v) is 4.49. The minimum absolute atomic E-state index is 0.176. The molecule has 0 aliphatic heterocycles. The Bertz CT molecular complexity index is 984. The largest absolute Gasteiger partial charge is 0.381 e. The van der Waals surface area contributed by atoms with Crippen LogP contribution in [0.3, 0.4) is 0 Å². The van der Waals surface area contributed by atoms with Gasteiger partial charge < -0.3 is 5.32 Å². The van der Waals surface area contributed by atoms with Crippen LogP contribution >= 0.6 is 0 Å². The number of hydrogen-bond acceptors (Lipinski definition) is 5. The lowest BCUT2D eigenvalue weighted by Gasteiger charge is -2.06. The Morgan fingerprint density at radius 2 is 1.31 bits per heavy atom. The van der Waals surface area contributed by atoms with Gasteiger partial charge in [-0.1, -0.05) is 30.3 Å². The number of benzene rings is 3. The molecule has 2 N–H and O–H groups in total. The molecule has 0 bridgehead atoms. The number of nitrogens with zero attached hydrogens (tertiary/aromatic N) is 2. The van der Waals surface area contributed by atoms with Crippen LogP contribution in [0.1, 0.15) is 5.56 Å². The molecule has 0 saturated carbocycles. The van der Waals surface area contributed by atoms with E-state index in [9.17, 15) is 8.42 Å². The van der Waals surface area contributed by atoms with E-state index in [1.807, 2.05) is 42.5 Å². The molecule has 132 valence electrons. The zero-order chi connectivity index (χ0) is 18.4. The molecular formula is C19H17N3O3S. The molecule has 0 radical (unpaired) electrons. The van der Waals surface area contributed by atoms with Gasteiger partial charge in [0, 0.05) is 12.2 Å². The maximum Gasteiger partial charge on any atom is 0.294 e. The molecule has 7 heteroatoms. The molecule has 0 aliphatic rings. The first kappa shape index (κ1) is 17.8. The number of azo groups is 1. The predicted molar refractivity (Wildman–Crippen MR) is 101 cm³/mol. The Kier molecular flexibility index (Phi) is 5.40. The summed E-state index contributed by atoms with van der Waals surface area (Å²) in [7, 11) is -4.20. The van der Waals surface area contributed by atoms with Crippen LogP contribution in [0.5, 0.6) is 0 Å². The van der Waals surface area contributed by atoms with Crippen LogP contribution < -0.4 is 5.32 Å². The van der Waals surface area contributed by atoms with E-state index in [-0.39, 0.29) is 4.90 Å². The van der Waals surface area contributed by atoms with Crippen molar-refractivity contribution in [2.75, 3.05) is 5.32 Å². The van der Waals surface area contributed by atoms with Crippen molar-refractivity contribution in [1.29, 1.82) is 0 Å². The summed E-state index contributed by atoms with van der Waals surface area (Å²) in [6.07, 6.45) is 0. The van der Waals surface area contributed by atoms with Gasteiger partial charge in [-0.15, -0.1) is 0 Å². The standard InChI is InChI=1S/C19H17N3O3S/c23-26(24,25)19-12-10-18(11-13-19)22-21-17-8-6-16(7-9-17)20-14-15-4-2-1-3-5-15/h1-13,20H,14H2,(H,23,24,25). The molecule has 0 amide bonds. The molecule has 0 atom stereocenters. The van der Waals surface area contributed by atoms with Gasteiger partial charge in [0.05, 0.1) is 16.3 Å². The van der Waals surface area contributed by atoms with Crippen molar-refractivity contribution in [3.8, 4) is 0 Å². The minimum Gasteiger partial charge on any atom is -0.381 e. The second kappa shape index (κ2) is 7.90. The minimum atomic E-state index is -4.20. The molecule has 0 saturated heterocycles. The van der Waals surface area contributed by atoms with E-state index in [0.29, 0.717) is 11.4 Å². The maximum atomic E-state index is 11.0.